The van der Waals surface area contributed by atoms with E-state index in [9.17, 15) is 4.79 Å². The standard InChI is InChI=1S/C11H10BrNOS2/c1-13(5-8-4-10(12)15-7-8)11-3-2-9(6-14)16-11/h2-4,6-7H,5H2,1H3. The van der Waals surface area contributed by atoms with E-state index in [1.807, 2.05) is 19.2 Å². The molecule has 0 atom stereocenters. The minimum Gasteiger partial charge on any atom is -0.362 e. The van der Waals surface area contributed by atoms with Crippen molar-refractivity contribution < 1.29 is 4.79 Å². The third kappa shape index (κ3) is 2.72. The first-order valence-electron chi connectivity index (χ1n) is 4.68. The Morgan fingerprint density at radius 3 is 2.88 bits per heavy atom. The normalized spacial score (nSPS) is 10.4. The Labute approximate surface area is 111 Å². The van der Waals surface area contributed by atoms with Crippen molar-refractivity contribution in [1.29, 1.82) is 0 Å². The summed E-state index contributed by atoms with van der Waals surface area (Å²) in [7, 11) is 2.03. The zero-order valence-electron chi connectivity index (χ0n) is 8.64. The lowest BCUT2D eigenvalue weighted by Crippen LogP contribution is -2.14. The highest BCUT2D eigenvalue weighted by Gasteiger charge is 2.06. The van der Waals surface area contributed by atoms with E-state index in [2.05, 4.69) is 32.3 Å². The third-order valence-corrected chi connectivity index (χ3v) is 4.82. The van der Waals surface area contributed by atoms with Crippen LogP contribution in [0, 0.1) is 0 Å². The highest BCUT2D eigenvalue weighted by molar-refractivity contribution is 9.11. The van der Waals surface area contributed by atoms with Crippen molar-refractivity contribution in [1.82, 2.24) is 0 Å². The molecule has 0 saturated heterocycles. The lowest BCUT2D eigenvalue weighted by Gasteiger charge is -2.15. The number of hydrogen-bond donors (Lipinski definition) is 0. The SMILES string of the molecule is CN(Cc1csc(Br)c1)c1ccc(C=O)s1. The van der Waals surface area contributed by atoms with Crippen molar-refractivity contribution in [2.75, 3.05) is 11.9 Å². The Morgan fingerprint density at radius 1 is 1.50 bits per heavy atom. The van der Waals surface area contributed by atoms with Crippen LogP contribution in [-0.4, -0.2) is 13.3 Å². The maximum absolute atomic E-state index is 10.6. The molecule has 0 bridgehead atoms. The number of rotatable bonds is 4. The van der Waals surface area contributed by atoms with Gasteiger partial charge in [0.05, 0.1) is 13.7 Å². The Balaban J connectivity index is 2.07. The summed E-state index contributed by atoms with van der Waals surface area (Å²) in [6.07, 6.45) is 0.892. The topological polar surface area (TPSA) is 20.3 Å². The summed E-state index contributed by atoms with van der Waals surface area (Å²) in [6.45, 7) is 0.862. The molecule has 2 aromatic rings. The molecule has 0 unspecified atom stereocenters. The fourth-order valence-corrected chi connectivity index (χ4v) is 3.37. The first-order valence-corrected chi connectivity index (χ1v) is 7.17. The number of halogens is 1. The summed E-state index contributed by atoms with van der Waals surface area (Å²) in [4.78, 5) is 13.5. The summed E-state index contributed by atoms with van der Waals surface area (Å²) in [5.41, 5.74) is 1.28. The van der Waals surface area contributed by atoms with E-state index >= 15 is 0 Å². The molecule has 5 heteroatoms. The van der Waals surface area contributed by atoms with Gasteiger partial charge in [0.2, 0.25) is 0 Å². The number of carbonyl (C=O) groups excluding carboxylic acids is 1. The van der Waals surface area contributed by atoms with Crippen molar-refractivity contribution >= 4 is 49.9 Å². The summed E-state index contributed by atoms with van der Waals surface area (Å²) in [5, 5.41) is 3.25. The van der Waals surface area contributed by atoms with E-state index in [0.717, 1.165) is 26.5 Å². The van der Waals surface area contributed by atoms with Gasteiger partial charge in [0, 0.05) is 13.6 Å². The summed E-state index contributed by atoms with van der Waals surface area (Å²) < 4.78 is 1.15. The maximum Gasteiger partial charge on any atom is 0.160 e. The molecule has 0 radical (unpaired) electrons. The van der Waals surface area contributed by atoms with Crippen LogP contribution in [0.15, 0.2) is 27.4 Å². The second-order valence-electron chi connectivity index (χ2n) is 3.41. The Hall–Kier alpha value is -0.650. The average molecular weight is 316 g/mol. The average Bonchev–Trinajstić information content (AvgIpc) is 2.87. The van der Waals surface area contributed by atoms with Crippen LogP contribution in [0.1, 0.15) is 15.2 Å². The van der Waals surface area contributed by atoms with Gasteiger partial charge in [-0.25, -0.2) is 0 Å². The number of anilines is 1. The lowest BCUT2D eigenvalue weighted by atomic mass is 10.3. The van der Waals surface area contributed by atoms with Gasteiger partial charge in [0.1, 0.15) is 0 Å². The van der Waals surface area contributed by atoms with Crippen LogP contribution in [0.2, 0.25) is 0 Å². The summed E-state index contributed by atoms with van der Waals surface area (Å²) >= 11 is 6.66. The number of aldehydes is 1. The molecule has 2 heterocycles. The molecule has 0 fully saturated rings. The minimum atomic E-state index is 0.772. The molecule has 2 rings (SSSR count). The molecular weight excluding hydrogens is 306 g/mol. The van der Waals surface area contributed by atoms with E-state index in [-0.39, 0.29) is 0 Å². The quantitative estimate of drug-likeness (QED) is 0.794. The monoisotopic (exact) mass is 315 g/mol. The van der Waals surface area contributed by atoms with Gasteiger partial charge in [-0.1, -0.05) is 0 Å². The number of nitrogens with zero attached hydrogens (tertiary/aromatic N) is 1. The molecule has 0 N–H and O–H groups in total. The second kappa shape index (κ2) is 5.12. The van der Waals surface area contributed by atoms with Crippen LogP contribution >= 0.6 is 38.6 Å². The third-order valence-electron chi connectivity index (χ3n) is 2.15. The Morgan fingerprint density at radius 2 is 2.31 bits per heavy atom. The lowest BCUT2D eigenvalue weighted by molar-refractivity contribution is 0.112. The molecule has 0 aliphatic carbocycles. The molecule has 16 heavy (non-hydrogen) atoms. The predicted octanol–water partition coefficient (Wildman–Crippen LogP) is 4.02. The Kier molecular flexibility index (Phi) is 3.78. The maximum atomic E-state index is 10.6. The largest absolute Gasteiger partial charge is 0.362 e. The van der Waals surface area contributed by atoms with Crippen LogP contribution < -0.4 is 4.90 Å². The molecular formula is C11H10BrNOS2. The van der Waals surface area contributed by atoms with Gasteiger partial charge in [-0.05, 0) is 45.1 Å². The van der Waals surface area contributed by atoms with Crippen LogP contribution in [0.4, 0.5) is 5.00 Å². The van der Waals surface area contributed by atoms with Crippen molar-refractivity contribution in [3.05, 3.63) is 37.8 Å². The molecule has 0 saturated carbocycles. The molecule has 0 aromatic carbocycles. The molecule has 0 aliphatic rings. The van der Waals surface area contributed by atoms with Crippen molar-refractivity contribution in [2.45, 2.75) is 6.54 Å². The predicted molar refractivity (Wildman–Crippen MR) is 73.8 cm³/mol. The zero-order valence-corrected chi connectivity index (χ0v) is 11.9. The van der Waals surface area contributed by atoms with Crippen LogP contribution in [0.25, 0.3) is 0 Å². The van der Waals surface area contributed by atoms with Gasteiger partial charge >= 0.3 is 0 Å². The van der Waals surface area contributed by atoms with E-state index in [4.69, 9.17) is 0 Å². The first-order chi connectivity index (χ1) is 7.69. The highest BCUT2D eigenvalue weighted by Crippen LogP contribution is 2.27. The van der Waals surface area contributed by atoms with Gasteiger partial charge in [0.15, 0.2) is 6.29 Å². The minimum absolute atomic E-state index is 0.772. The highest BCUT2D eigenvalue weighted by atomic mass is 79.9. The van der Waals surface area contributed by atoms with E-state index in [1.54, 1.807) is 11.3 Å². The fourth-order valence-electron chi connectivity index (χ4n) is 1.39. The van der Waals surface area contributed by atoms with Crippen molar-refractivity contribution in [2.24, 2.45) is 0 Å². The van der Waals surface area contributed by atoms with Crippen molar-refractivity contribution in [3.63, 3.8) is 0 Å². The first kappa shape index (κ1) is 11.8. The van der Waals surface area contributed by atoms with Gasteiger partial charge in [-0.15, -0.1) is 22.7 Å². The molecule has 0 amide bonds. The molecule has 2 nitrogen and oxygen atoms in total. The number of hydrogen-bond acceptors (Lipinski definition) is 4. The van der Waals surface area contributed by atoms with Gasteiger partial charge in [-0.3, -0.25) is 4.79 Å². The number of carbonyl (C=O) groups is 1. The summed E-state index contributed by atoms with van der Waals surface area (Å²) in [5.74, 6) is 0. The molecule has 84 valence electrons. The van der Waals surface area contributed by atoms with Gasteiger partial charge in [0.25, 0.3) is 0 Å². The van der Waals surface area contributed by atoms with Crippen molar-refractivity contribution in [3.8, 4) is 0 Å². The van der Waals surface area contributed by atoms with E-state index < -0.39 is 0 Å². The fraction of sp³-hybridized carbons (Fsp3) is 0.182. The van der Waals surface area contributed by atoms with Gasteiger partial charge < -0.3 is 4.90 Å². The van der Waals surface area contributed by atoms with Crippen LogP contribution in [-0.2, 0) is 6.54 Å². The van der Waals surface area contributed by atoms with E-state index in [0.29, 0.717) is 0 Å². The number of thiophene rings is 2. The summed E-state index contributed by atoms with van der Waals surface area (Å²) in [6, 6.07) is 5.96. The smallest absolute Gasteiger partial charge is 0.160 e. The molecule has 0 aliphatic heterocycles. The zero-order chi connectivity index (χ0) is 11.5. The molecule has 2 aromatic heterocycles. The second-order valence-corrected chi connectivity index (χ2v) is 6.79. The van der Waals surface area contributed by atoms with Gasteiger partial charge in [-0.2, -0.15) is 0 Å². The van der Waals surface area contributed by atoms with Crippen LogP contribution in [0.3, 0.4) is 0 Å². The van der Waals surface area contributed by atoms with E-state index in [1.165, 1.54) is 16.9 Å². The Bertz CT molecular complexity index is 492. The van der Waals surface area contributed by atoms with Crippen LogP contribution in [0.5, 0.6) is 0 Å². The molecule has 0 spiro atoms.